The Balaban J connectivity index is 2.33. The normalized spacial score (nSPS) is 21.8. The molecule has 1 atom stereocenters. The maximum atomic E-state index is 12.8. The number of hydrogen-bond donors (Lipinski definition) is 0. The lowest BCUT2D eigenvalue weighted by Gasteiger charge is -2.40. The Hall–Kier alpha value is -0.940. The van der Waals surface area contributed by atoms with E-state index in [2.05, 4.69) is 4.90 Å². The first-order valence-corrected chi connectivity index (χ1v) is 6.49. The number of nitrogens with zero attached hydrogens (tertiary/aromatic N) is 2. The highest BCUT2D eigenvalue weighted by molar-refractivity contribution is 6.33. The van der Waals surface area contributed by atoms with Gasteiger partial charge in [0.25, 0.3) is 0 Å². The minimum atomic E-state index is -4.34. The van der Waals surface area contributed by atoms with Gasteiger partial charge in [-0.05, 0) is 32.2 Å². The topological polar surface area (TPSA) is 6.48 Å². The first-order chi connectivity index (χ1) is 8.79. The lowest BCUT2D eigenvalue weighted by atomic mass is 10.1. The highest BCUT2D eigenvalue weighted by atomic mass is 35.5. The highest BCUT2D eigenvalue weighted by Gasteiger charge is 2.32. The lowest BCUT2D eigenvalue weighted by molar-refractivity contribution is -0.137. The second-order valence-electron chi connectivity index (χ2n) is 4.97. The maximum absolute atomic E-state index is 12.8. The van der Waals surface area contributed by atoms with Gasteiger partial charge in [-0.1, -0.05) is 11.6 Å². The van der Waals surface area contributed by atoms with E-state index >= 15 is 0 Å². The van der Waals surface area contributed by atoms with Crippen LogP contribution in [0.1, 0.15) is 12.5 Å². The third kappa shape index (κ3) is 3.15. The number of likely N-dealkylation sites (N-methyl/N-ethyl adjacent to an activating group) is 1. The minimum absolute atomic E-state index is 0.139. The van der Waals surface area contributed by atoms with Crippen LogP contribution in [0.4, 0.5) is 18.9 Å². The Bertz CT molecular complexity index is 462. The Kier molecular flexibility index (Phi) is 3.97. The average molecular weight is 293 g/mol. The van der Waals surface area contributed by atoms with Crippen LogP contribution in [0.5, 0.6) is 0 Å². The van der Waals surface area contributed by atoms with Crippen LogP contribution in [0.3, 0.4) is 0 Å². The molecule has 0 saturated carbocycles. The second-order valence-corrected chi connectivity index (χ2v) is 5.38. The molecule has 1 fully saturated rings. The van der Waals surface area contributed by atoms with Gasteiger partial charge in [0.2, 0.25) is 0 Å². The standard InChI is InChI=1S/C13H16ClF3N2/c1-9-8-18(2)5-6-19(9)12-7-10(13(15,16)17)3-4-11(12)14/h3-4,7,9H,5-6,8H2,1-2H3. The number of halogens is 4. The summed E-state index contributed by atoms with van der Waals surface area (Å²) in [7, 11) is 2.00. The molecule has 19 heavy (non-hydrogen) atoms. The van der Waals surface area contributed by atoms with Crippen molar-refractivity contribution in [3.05, 3.63) is 28.8 Å². The van der Waals surface area contributed by atoms with E-state index in [-0.39, 0.29) is 6.04 Å². The molecule has 0 amide bonds. The Morgan fingerprint density at radius 3 is 2.53 bits per heavy atom. The molecule has 1 heterocycles. The molecule has 1 aromatic carbocycles. The number of alkyl halides is 3. The van der Waals surface area contributed by atoms with Gasteiger partial charge in [-0.25, -0.2) is 0 Å². The van der Waals surface area contributed by atoms with Crippen LogP contribution < -0.4 is 4.90 Å². The number of hydrogen-bond acceptors (Lipinski definition) is 2. The fourth-order valence-electron chi connectivity index (χ4n) is 2.41. The van der Waals surface area contributed by atoms with Crippen LogP contribution in [0.25, 0.3) is 0 Å². The molecule has 2 rings (SSSR count). The van der Waals surface area contributed by atoms with Crippen LogP contribution in [0.15, 0.2) is 18.2 Å². The zero-order chi connectivity index (χ0) is 14.2. The van der Waals surface area contributed by atoms with Gasteiger partial charge in [0, 0.05) is 25.7 Å². The average Bonchev–Trinajstić information content (AvgIpc) is 2.29. The summed E-state index contributed by atoms with van der Waals surface area (Å²) in [5.41, 5.74) is -0.185. The van der Waals surface area contributed by atoms with E-state index in [1.165, 1.54) is 6.07 Å². The van der Waals surface area contributed by atoms with Crippen LogP contribution in [0.2, 0.25) is 5.02 Å². The Morgan fingerprint density at radius 1 is 1.26 bits per heavy atom. The summed E-state index contributed by atoms with van der Waals surface area (Å²) in [6.07, 6.45) is -4.34. The van der Waals surface area contributed by atoms with Crippen molar-refractivity contribution in [3.8, 4) is 0 Å². The lowest BCUT2D eigenvalue weighted by Crippen LogP contribution is -2.50. The fourth-order valence-corrected chi connectivity index (χ4v) is 2.63. The van der Waals surface area contributed by atoms with Gasteiger partial charge in [-0.3, -0.25) is 0 Å². The predicted molar refractivity (Wildman–Crippen MR) is 70.8 cm³/mol. The minimum Gasteiger partial charge on any atom is -0.365 e. The van der Waals surface area contributed by atoms with Gasteiger partial charge in [0.1, 0.15) is 0 Å². The van der Waals surface area contributed by atoms with Gasteiger partial charge >= 0.3 is 6.18 Å². The molecular formula is C13H16ClF3N2. The van der Waals surface area contributed by atoms with Crippen molar-refractivity contribution in [1.82, 2.24) is 4.90 Å². The van der Waals surface area contributed by atoms with Crippen molar-refractivity contribution in [1.29, 1.82) is 0 Å². The molecule has 0 aromatic heterocycles. The number of anilines is 1. The summed E-state index contributed by atoms with van der Waals surface area (Å²) < 4.78 is 38.3. The highest BCUT2D eigenvalue weighted by Crippen LogP contribution is 2.36. The van der Waals surface area contributed by atoms with Crippen LogP contribution in [-0.4, -0.2) is 37.6 Å². The molecule has 1 unspecified atom stereocenters. The van der Waals surface area contributed by atoms with Crippen molar-refractivity contribution < 1.29 is 13.2 Å². The molecule has 0 spiro atoms. The van der Waals surface area contributed by atoms with E-state index in [0.29, 0.717) is 17.3 Å². The van der Waals surface area contributed by atoms with Crippen LogP contribution in [-0.2, 0) is 6.18 Å². The van der Waals surface area contributed by atoms with E-state index in [1.54, 1.807) is 0 Å². The molecule has 0 bridgehead atoms. The zero-order valence-electron chi connectivity index (χ0n) is 10.8. The summed E-state index contributed by atoms with van der Waals surface area (Å²) in [6.45, 7) is 4.30. The van der Waals surface area contributed by atoms with Crippen molar-refractivity contribution in [3.63, 3.8) is 0 Å². The molecule has 1 aliphatic rings. The number of piperazine rings is 1. The zero-order valence-corrected chi connectivity index (χ0v) is 11.6. The number of rotatable bonds is 1. The molecule has 1 aliphatic heterocycles. The van der Waals surface area contributed by atoms with Gasteiger partial charge in [0.05, 0.1) is 16.3 Å². The first kappa shape index (κ1) is 14.5. The summed E-state index contributed by atoms with van der Waals surface area (Å²) in [6, 6.07) is 3.63. The van der Waals surface area contributed by atoms with Crippen molar-refractivity contribution in [2.24, 2.45) is 0 Å². The van der Waals surface area contributed by atoms with Crippen LogP contribution in [0, 0.1) is 0 Å². The number of benzene rings is 1. The second kappa shape index (κ2) is 5.21. The maximum Gasteiger partial charge on any atom is 0.416 e. The summed E-state index contributed by atoms with van der Waals surface area (Å²) in [5, 5.41) is 0.365. The summed E-state index contributed by atoms with van der Waals surface area (Å²) >= 11 is 6.06. The first-order valence-electron chi connectivity index (χ1n) is 6.11. The van der Waals surface area contributed by atoms with Crippen molar-refractivity contribution in [2.75, 3.05) is 31.6 Å². The molecule has 1 aromatic rings. The third-order valence-corrected chi connectivity index (χ3v) is 3.73. The van der Waals surface area contributed by atoms with E-state index in [9.17, 15) is 13.2 Å². The van der Waals surface area contributed by atoms with Gasteiger partial charge in [0.15, 0.2) is 0 Å². The van der Waals surface area contributed by atoms with E-state index in [0.717, 1.165) is 25.2 Å². The van der Waals surface area contributed by atoms with Crippen molar-refractivity contribution >= 4 is 17.3 Å². The summed E-state index contributed by atoms with van der Waals surface area (Å²) in [5.74, 6) is 0. The smallest absolute Gasteiger partial charge is 0.365 e. The van der Waals surface area contributed by atoms with Gasteiger partial charge in [-0.15, -0.1) is 0 Å². The van der Waals surface area contributed by atoms with Crippen molar-refractivity contribution in [2.45, 2.75) is 19.1 Å². The molecular weight excluding hydrogens is 277 g/mol. The molecule has 106 valence electrons. The summed E-state index contributed by atoms with van der Waals surface area (Å²) in [4.78, 5) is 4.10. The molecule has 6 heteroatoms. The van der Waals surface area contributed by atoms with Crippen LogP contribution >= 0.6 is 11.6 Å². The molecule has 1 saturated heterocycles. The third-order valence-electron chi connectivity index (χ3n) is 3.41. The van der Waals surface area contributed by atoms with E-state index in [1.807, 2.05) is 18.9 Å². The van der Waals surface area contributed by atoms with E-state index < -0.39 is 11.7 Å². The predicted octanol–water partition coefficient (Wildman–Crippen LogP) is 3.50. The molecule has 2 nitrogen and oxygen atoms in total. The fraction of sp³-hybridized carbons (Fsp3) is 0.538. The van der Waals surface area contributed by atoms with Gasteiger partial charge < -0.3 is 9.80 Å². The quantitative estimate of drug-likeness (QED) is 0.782. The monoisotopic (exact) mass is 292 g/mol. The Labute approximate surface area is 115 Å². The Morgan fingerprint density at radius 2 is 1.95 bits per heavy atom. The largest absolute Gasteiger partial charge is 0.416 e. The van der Waals surface area contributed by atoms with E-state index in [4.69, 9.17) is 11.6 Å². The molecule has 0 radical (unpaired) electrons. The molecule has 0 aliphatic carbocycles. The van der Waals surface area contributed by atoms with Gasteiger partial charge in [-0.2, -0.15) is 13.2 Å². The molecule has 0 N–H and O–H groups in total. The SMILES string of the molecule is CC1CN(C)CCN1c1cc(C(F)(F)F)ccc1Cl.